The standard InChI is InChI=1S/C22H30N4O2S/c27-20(23-10-9-16-5-2-1-3-6-16)12-24-22(29)25-13-17-11-18(15-25)19-7-4-8-21(28)26(19)14-17/h4-5,7-8,17-18H,1-3,6,9-15H2,(H,23,27)(H,24,29)/t17-,18+/m1/s1. The molecule has 0 aromatic carbocycles. The van der Waals surface area contributed by atoms with Crippen molar-refractivity contribution in [2.24, 2.45) is 5.92 Å². The van der Waals surface area contributed by atoms with Crippen molar-refractivity contribution in [2.75, 3.05) is 26.2 Å². The van der Waals surface area contributed by atoms with Gasteiger partial charge < -0.3 is 20.1 Å². The van der Waals surface area contributed by atoms with Crippen LogP contribution in [0.3, 0.4) is 0 Å². The van der Waals surface area contributed by atoms with Gasteiger partial charge in [-0.15, -0.1) is 0 Å². The number of nitrogens with zero attached hydrogens (tertiary/aromatic N) is 2. The number of hydrogen-bond acceptors (Lipinski definition) is 3. The lowest BCUT2D eigenvalue weighted by Crippen LogP contribution is -2.52. The van der Waals surface area contributed by atoms with E-state index in [4.69, 9.17) is 12.2 Å². The first kappa shape index (κ1) is 20.1. The monoisotopic (exact) mass is 414 g/mol. The molecule has 1 aliphatic carbocycles. The molecule has 1 aromatic heterocycles. The molecule has 156 valence electrons. The van der Waals surface area contributed by atoms with Crippen LogP contribution in [0, 0.1) is 5.92 Å². The molecule has 6 nitrogen and oxygen atoms in total. The van der Waals surface area contributed by atoms with Crippen LogP contribution in [0.2, 0.25) is 0 Å². The maximum Gasteiger partial charge on any atom is 0.250 e. The van der Waals surface area contributed by atoms with E-state index < -0.39 is 0 Å². The molecule has 1 aromatic rings. The molecule has 7 heteroatoms. The fourth-order valence-corrected chi connectivity index (χ4v) is 5.11. The third-order valence-electron chi connectivity index (χ3n) is 6.32. The van der Waals surface area contributed by atoms with Crippen LogP contribution >= 0.6 is 12.2 Å². The molecular formula is C22H30N4O2S. The van der Waals surface area contributed by atoms with Crippen molar-refractivity contribution in [1.29, 1.82) is 0 Å². The van der Waals surface area contributed by atoms with Crippen LogP contribution in [-0.4, -0.2) is 46.7 Å². The smallest absolute Gasteiger partial charge is 0.250 e. The van der Waals surface area contributed by atoms with Gasteiger partial charge in [-0.3, -0.25) is 9.59 Å². The number of thiocarbonyl (C=S) groups is 1. The highest BCUT2D eigenvalue weighted by molar-refractivity contribution is 7.80. The SMILES string of the molecule is O=C(CNC(=S)N1C[C@H]2C[C@@H](C1)c1cccc(=O)n1C2)NCCC1=CCCCC1. The summed E-state index contributed by atoms with van der Waals surface area (Å²) in [5, 5.41) is 6.75. The van der Waals surface area contributed by atoms with E-state index in [0.717, 1.165) is 38.2 Å². The van der Waals surface area contributed by atoms with Crippen molar-refractivity contribution < 1.29 is 4.79 Å². The number of fused-ring (bicyclic) bond motifs is 4. The number of likely N-dealkylation sites (tertiary alicyclic amines) is 1. The molecule has 3 aliphatic rings. The van der Waals surface area contributed by atoms with E-state index in [1.54, 1.807) is 6.07 Å². The lowest BCUT2D eigenvalue weighted by Gasteiger charge is -2.43. The van der Waals surface area contributed by atoms with Crippen LogP contribution in [-0.2, 0) is 11.3 Å². The van der Waals surface area contributed by atoms with Gasteiger partial charge in [-0.2, -0.15) is 0 Å². The lowest BCUT2D eigenvalue weighted by molar-refractivity contribution is -0.120. The van der Waals surface area contributed by atoms with Crippen molar-refractivity contribution in [1.82, 2.24) is 20.1 Å². The largest absolute Gasteiger partial charge is 0.354 e. The predicted octanol–water partition coefficient (Wildman–Crippen LogP) is 2.15. The van der Waals surface area contributed by atoms with Gasteiger partial charge in [0.1, 0.15) is 0 Å². The molecule has 3 heterocycles. The topological polar surface area (TPSA) is 66.4 Å². The van der Waals surface area contributed by atoms with Crippen LogP contribution in [0.4, 0.5) is 0 Å². The van der Waals surface area contributed by atoms with Gasteiger partial charge >= 0.3 is 0 Å². The first-order chi connectivity index (χ1) is 14.1. The Morgan fingerprint density at radius 1 is 1.17 bits per heavy atom. The summed E-state index contributed by atoms with van der Waals surface area (Å²) in [6.07, 6.45) is 9.27. The molecule has 2 atom stereocenters. The molecule has 1 amide bonds. The summed E-state index contributed by atoms with van der Waals surface area (Å²) in [7, 11) is 0. The Labute approximate surface area is 177 Å². The Kier molecular flexibility index (Phi) is 6.33. The molecule has 0 radical (unpaired) electrons. The van der Waals surface area contributed by atoms with E-state index in [9.17, 15) is 9.59 Å². The Morgan fingerprint density at radius 3 is 2.90 bits per heavy atom. The number of nitrogens with one attached hydrogen (secondary N) is 2. The summed E-state index contributed by atoms with van der Waals surface area (Å²) in [6.45, 7) is 3.28. The second-order valence-electron chi connectivity index (χ2n) is 8.47. The molecule has 2 aliphatic heterocycles. The fourth-order valence-electron chi connectivity index (χ4n) is 4.89. The minimum Gasteiger partial charge on any atom is -0.354 e. The lowest BCUT2D eigenvalue weighted by atomic mass is 9.83. The second kappa shape index (κ2) is 9.11. The van der Waals surface area contributed by atoms with E-state index in [2.05, 4.69) is 27.7 Å². The highest BCUT2D eigenvalue weighted by Crippen LogP contribution is 2.34. The van der Waals surface area contributed by atoms with Gasteiger partial charge in [0.05, 0.1) is 6.54 Å². The number of allylic oxidation sites excluding steroid dienone is 1. The molecule has 0 unspecified atom stereocenters. The zero-order chi connectivity index (χ0) is 20.2. The molecule has 2 N–H and O–H groups in total. The highest BCUT2D eigenvalue weighted by Gasteiger charge is 2.35. The van der Waals surface area contributed by atoms with Gasteiger partial charge in [-0.1, -0.05) is 17.7 Å². The molecule has 1 saturated heterocycles. The molecule has 0 saturated carbocycles. The van der Waals surface area contributed by atoms with E-state index in [-0.39, 0.29) is 18.0 Å². The number of amides is 1. The Hall–Kier alpha value is -2.15. The van der Waals surface area contributed by atoms with Crippen LogP contribution in [0.15, 0.2) is 34.6 Å². The van der Waals surface area contributed by atoms with Crippen molar-refractivity contribution >= 4 is 23.2 Å². The Morgan fingerprint density at radius 2 is 2.07 bits per heavy atom. The normalized spacial score (nSPS) is 23.0. The average Bonchev–Trinajstić information content (AvgIpc) is 2.73. The quantitative estimate of drug-likeness (QED) is 0.571. The summed E-state index contributed by atoms with van der Waals surface area (Å²) in [6, 6.07) is 5.53. The molecule has 2 bridgehead atoms. The predicted molar refractivity (Wildman–Crippen MR) is 118 cm³/mol. The van der Waals surface area contributed by atoms with Crippen LogP contribution in [0.25, 0.3) is 0 Å². The van der Waals surface area contributed by atoms with Gasteiger partial charge in [0.25, 0.3) is 5.56 Å². The average molecular weight is 415 g/mol. The highest BCUT2D eigenvalue weighted by atomic mass is 32.1. The zero-order valence-electron chi connectivity index (χ0n) is 16.9. The third kappa shape index (κ3) is 4.89. The van der Waals surface area contributed by atoms with E-state index >= 15 is 0 Å². The van der Waals surface area contributed by atoms with Crippen LogP contribution < -0.4 is 16.2 Å². The minimum absolute atomic E-state index is 0.0159. The number of pyridine rings is 1. The Balaban J connectivity index is 1.24. The maximum atomic E-state index is 12.2. The summed E-state index contributed by atoms with van der Waals surface area (Å²) in [5.41, 5.74) is 2.67. The molecule has 29 heavy (non-hydrogen) atoms. The number of carbonyl (C=O) groups excluding carboxylic acids is 1. The van der Waals surface area contributed by atoms with Crippen molar-refractivity contribution in [3.05, 3.63) is 45.9 Å². The van der Waals surface area contributed by atoms with Gasteiger partial charge in [0, 0.05) is 43.9 Å². The van der Waals surface area contributed by atoms with Crippen LogP contribution in [0.5, 0.6) is 0 Å². The third-order valence-corrected chi connectivity index (χ3v) is 6.72. The van der Waals surface area contributed by atoms with Crippen molar-refractivity contribution in [2.45, 2.75) is 51.0 Å². The maximum absolute atomic E-state index is 12.2. The number of hydrogen-bond donors (Lipinski definition) is 2. The molecule has 1 fully saturated rings. The summed E-state index contributed by atoms with van der Waals surface area (Å²) in [5.74, 6) is 0.713. The van der Waals surface area contributed by atoms with Crippen molar-refractivity contribution in [3.63, 3.8) is 0 Å². The van der Waals surface area contributed by atoms with Gasteiger partial charge in [0.2, 0.25) is 5.91 Å². The summed E-state index contributed by atoms with van der Waals surface area (Å²) in [4.78, 5) is 26.5. The minimum atomic E-state index is -0.0159. The van der Waals surface area contributed by atoms with Gasteiger partial charge in [-0.05, 0) is 62.7 Å². The fraction of sp³-hybridized carbons (Fsp3) is 0.591. The van der Waals surface area contributed by atoms with E-state index in [1.165, 1.54) is 31.3 Å². The van der Waals surface area contributed by atoms with E-state index in [0.29, 0.717) is 23.5 Å². The second-order valence-corrected chi connectivity index (χ2v) is 8.86. The van der Waals surface area contributed by atoms with E-state index in [1.807, 2.05) is 10.6 Å². The van der Waals surface area contributed by atoms with Crippen LogP contribution in [0.1, 0.15) is 50.1 Å². The molecule has 0 spiro atoms. The number of aromatic nitrogens is 1. The first-order valence-electron chi connectivity index (χ1n) is 10.8. The summed E-state index contributed by atoms with van der Waals surface area (Å²) < 4.78 is 1.92. The van der Waals surface area contributed by atoms with Gasteiger partial charge in [0.15, 0.2) is 5.11 Å². The van der Waals surface area contributed by atoms with Gasteiger partial charge in [-0.25, -0.2) is 0 Å². The zero-order valence-corrected chi connectivity index (χ0v) is 17.7. The Bertz CT molecular complexity index is 863. The number of piperidine rings is 1. The molecular weight excluding hydrogens is 384 g/mol. The summed E-state index contributed by atoms with van der Waals surface area (Å²) >= 11 is 5.57. The van der Waals surface area contributed by atoms with Crippen molar-refractivity contribution in [3.8, 4) is 0 Å². The number of rotatable bonds is 5. The number of carbonyl (C=O) groups is 1. The molecule has 4 rings (SSSR count). The first-order valence-corrected chi connectivity index (χ1v) is 11.2.